The molecule has 0 aliphatic carbocycles. The Kier molecular flexibility index (Phi) is 4.76. The number of hydrogen-bond donors (Lipinski definition) is 4. The van der Waals surface area contributed by atoms with Crippen LogP contribution in [-0.4, -0.2) is 71.6 Å². The van der Waals surface area contributed by atoms with Crippen LogP contribution in [0.15, 0.2) is 0 Å². The minimum atomic E-state index is -0.910. The maximum atomic E-state index is 12.2. The van der Waals surface area contributed by atoms with Gasteiger partial charge in [0.05, 0.1) is 18.8 Å². The van der Waals surface area contributed by atoms with Crippen molar-refractivity contribution in [3.8, 4) is 0 Å². The van der Waals surface area contributed by atoms with Crippen LogP contribution in [0.5, 0.6) is 0 Å². The van der Waals surface area contributed by atoms with E-state index in [1.165, 1.54) is 4.90 Å². The van der Waals surface area contributed by atoms with Gasteiger partial charge < -0.3 is 30.9 Å². The first kappa shape index (κ1) is 15.0. The van der Waals surface area contributed by atoms with Crippen LogP contribution >= 0.6 is 11.3 Å². The van der Waals surface area contributed by atoms with Gasteiger partial charge in [0.1, 0.15) is 10.7 Å². The number of β-amino-alcohol motifs (C(OH)–C–C–N with tert-alkyl or cyclic N) is 2. The average molecular weight is 302 g/mol. The molecular weight excluding hydrogens is 284 g/mol. The summed E-state index contributed by atoms with van der Waals surface area (Å²) >= 11 is 1.15. The van der Waals surface area contributed by atoms with Gasteiger partial charge in [-0.15, -0.1) is 0 Å². The van der Waals surface area contributed by atoms with Crippen molar-refractivity contribution in [3.05, 3.63) is 4.88 Å². The number of hydrogen-bond acceptors (Lipinski definition) is 8. The Hall–Kier alpha value is -1.42. The number of anilines is 2. The third-order valence-corrected chi connectivity index (χ3v) is 3.99. The zero-order valence-corrected chi connectivity index (χ0v) is 11.9. The van der Waals surface area contributed by atoms with Crippen LogP contribution in [0, 0.1) is 0 Å². The Labute approximate surface area is 120 Å². The molecule has 0 spiro atoms. The van der Waals surface area contributed by atoms with Crippen molar-refractivity contribution in [1.29, 1.82) is 0 Å². The summed E-state index contributed by atoms with van der Waals surface area (Å²) in [5, 5.41) is 22.5. The van der Waals surface area contributed by atoms with E-state index >= 15 is 0 Å². The lowest BCUT2D eigenvalue weighted by Gasteiger charge is -2.13. The molecule has 1 aromatic heterocycles. The van der Waals surface area contributed by atoms with Gasteiger partial charge in [-0.3, -0.25) is 4.79 Å². The Balaban J connectivity index is 2.03. The lowest BCUT2D eigenvalue weighted by atomic mass is 10.3. The number of nitrogens with one attached hydrogen (secondary N) is 1. The molecule has 20 heavy (non-hydrogen) atoms. The summed E-state index contributed by atoms with van der Waals surface area (Å²) in [4.78, 5) is 18.0. The first-order valence-electron chi connectivity index (χ1n) is 6.17. The Morgan fingerprint density at radius 2 is 2.20 bits per heavy atom. The lowest BCUT2D eigenvalue weighted by Crippen LogP contribution is -2.29. The van der Waals surface area contributed by atoms with Gasteiger partial charge in [0.2, 0.25) is 0 Å². The van der Waals surface area contributed by atoms with Crippen molar-refractivity contribution < 1.29 is 19.7 Å². The molecule has 1 saturated heterocycles. The molecule has 1 fully saturated rings. The number of nitrogens with two attached hydrogens (primary N) is 1. The van der Waals surface area contributed by atoms with E-state index < -0.39 is 12.2 Å². The molecule has 0 aromatic carbocycles. The molecule has 8 nitrogen and oxygen atoms in total. The van der Waals surface area contributed by atoms with Gasteiger partial charge in [0.25, 0.3) is 5.91 Å². The smallest absolute Gasteiger partial charge is 0.268 e. The molecule has 1 aliphatic heterocycles. The zero-order chi connectivity index (χ0) is 14.7. The predicted octanol–water partition coefficient (Wildman–Crippen LogP) is -1.04. The number of ether oxygens (including phenoxy) is 1. The van der Waals surface area contributed by atoms with Gasteiger partial charge in [-0.1, -0.05) is 11.3 Å². The van der Waals surface area contributed by atoms with Crippen molar-refractivity contribution in [1.82, 2.24) is 9.88 Å². The van der Waals surface area contributed by atoms with E-state index in [0.29, 0.717) is 23.2 Å². The second kappa shape index (κ2) is 6.35. The van der Waals surface area contributed by atoms with Crippen LogP contribution in [0.4, 0.5) is 10.9 Å². The molecule has 0 bridgehead atoms. The number of aromatic nitrogens is 1. The van der Waals surface area contributed by atoms with E-state index in [1.54, 1.807) is 7.11 Å². The number of thiazole rings is 1. The van der Waals surface area contributed by atoms with Crippen LogP contribution in [0.2, 0.25) is 0 Å². The molecule has 2 unspecified atom stereocenters. The molecule has 1 aliphatic rings. The second-order valence-electron chi connectivity index (χ2n) is 4.50. The van der Waals surface area contributed by atoms with Gasteiger partial charge >= 0.3 is 0 Å². The van der Waals surface area contributed by atoms with Crippen molar-refractivity contribution in [2.75, 3.05) is 44.4 Å². The Morgan fingerprint density at radius 3 is 2.80 bits per heavy atom. The molecule has 2 heterocycles. The van der Waals surface area contributed by atoms with Crippen LogP contribution in [0.25, 0.3) is 0 Å². The quantitative estimate of drug-likeness (QED) is 0.513. The summed E-state index contributed by atoms with van der Waals surface area (Å²) in [5.74, 6) is -0.175. The van der Waals surface area contributed by atoms with E-state index in [1.807, 2.05) is 0 Å². The van der Waals surface area contributed by atoms with Crippen molar-refractivity contribution in [3.63, 3.8) is 0 Å². The van der Waals surface area contributed by atoms with Crippen LogP contribution < -0.4 is 11.1 Å². The molecule has 0 saturated carbocycles. The number of methoxy groups -OCH3 is 1. The number of likely N-dealkylation sites (tertiary alicyclic amines) is 1. The molecule has 1 aromatic rings. The van der Waals surface area contributed by atoms with Crippen LogP contribution in [-0.2, 0) is 4.74 Å². The van der Waals surface area contributed by atoms with E-state index in [4.69, 9.17) is 10.5 Å². The first-order chi connectivity index (χ1) is 9.52. The zero-order valence-electron chi connectivity index (χ0n) is 11.1. The number of carbonyl (C=O) groups is 1. The van der Waals surface area contributed by atoms with Gasteiger partial charge in [0, 0.05) is 26.7 Å². The summed E-state index contributed by atoms with van der Waals surface area (Å²) in [6.07, 6.45) is -1.82. The number of carbonyl (C=O) groups excluding carboxylic acids is 1. The number of amides is 1. The van der Waals surface area contributed by atoms with Crippen LogP contribution in [0.1, 0.15) is 9.67 Å². The minimum absolute atomic E-state index is 0.101. The van der Waals surface area contributed by atoms with Crippen molar-refractivity contribution >= 4 is 28.2 Å². The summed E-state index contributed by atoms with van der Waals surface area (Å²) in [6.45, 7) is 1.29. The summed E-state index contributed by atoms with van der Waals surface area (Å²) < 4.78 is 4.91. The molecule has 1 amide bonds. The molecule has 0 radical (unpaired) electrons. The molecule has 112 valence electrons. The molecule has 2 rings (SSSR count). The summed E-state index contributed by atoms with van der Waals surface area (Å²) in [5.41, 5.74) is 5.74. The van der Waals surface area contributed by atoms with Gasteiger partial charge in [-0.05, 0) is 0 Å². The lowest BCUT2D eigenvalue weighted by molar-refractivity contribution is 0.0572. The third kappa shape index (κ3) is 3.18. The normalized spacial score (nSPS) is 22.2. The Morgan fingerprint density at radius 1 is 1.55 bits per heavy atom. The minimum Gasteiger partial charge on any atom is -0.388 e. The van der Waals surface area contributed by atoms with E-state index in [-0.39, 0.29) is 24.8 Å². The molecular formula is C11H18N4O4S. The number of nitrogen functional groups attached to an aromatic ring is 1. The molecule has 5 N–H and O–H groups in total. The van der Waals surface area contributed by atoms with Crippen molar-refractivity contribution in [2.24, 2.45) is 0 Å². The first-order valence-corrected chi connectivity index (χ1v) is 6.99. The van der Waals surface area contributed by atoms with E-state index in [2.05, 4.69) is 10.3 Å². The maximum absolute atomic E-state index is 12.2. The predicted molar refractivity (Wildman–Crippen MR) is 74.8 cm³/mol. The van der Waals surface area contributed by atoms with Gasteiger partial charge in [0.15, 0.2) is 5.13 Å². The number of aliphatic hydroxyl groups excluding tert-OH is 2. The highest BCUT2D eigenvalue weighted by molar-refractivity contribution is 7.18. The highest BCUT2D eigenvalue weighted by atomic mass is 32.1. The largest absolute Gasteiger partial charge is 0.388 e. The second-order valence-corrected chi connectivity index (χ2v) is 5.50. The average Bonchev–Trinajstić information content (AvgIpc) is 2.93. The fraction of sp³-hybridized carbons (Fsp3) is 0.636. The fourth-order valence-electron chi connectivity index (χ4n) is 1.90. The standard InChI is InChI=1S/C11H18N4O4S/c1-19-3-2-13-11-14-9(12)8(20-11)10(18)15-4-6(16)7(17)5-15/h6-7,16-17H,2-5,12H2,1H3,(H,13,14). The van der Waals surface area contributed by atoms with Crippen molar-refractivity contribution in [2.45, 2.75) is 12.2 Å². The monoisotopic (exact) mass is 302 g/mol. The number of rotatable bonds is 5. The summed E-state index contributed by atoms with van der Waals surface area (Å²) in [7, 11) is 1.59. The van der Waals surface area contributed by atoms with E-state index in [0.717, 1.165) is 11.3 Å². The van der Waals surface area contributed by atoms with Gasteiger partial charge in [-0.2, -0.15) is 0 Å². The highest BCUT2D eigenvalue weighted by Gasteiger charge is 2.34. The maximum Gasteiger partial charge on any atom is 0.268 e. The Bertz CT molecular complexity index is 471. The van der Waals surface area contributed by atoms with E-state index in [9.17, 15) is 15.0 Å². The van der Waals surface area contributed by atoms with Crippen LogP contribution in [0.3, 0.4) is 0 Å². The molecule has 9 heteroatoms. The van der Waals surface area contributed by atoms with Gasteiger partial charge in [-0.25, -0.2) is 4.98 Å². The number of nitrogens with zero attached hydrogens (tertiary/aromatic N) is 2. The molecule has 2 atom stereocenters. The topological polar surface area (TPSA) is 121 Å². The SMILES string of the molecule is COCCNc1nc(N)c(C(=O)N2CC(O)C(O)C2)s1. The fourth-order valence-corrected chi connectivity index (χ4v) is 2.78. The highest BCUT2D eigenvalue weighted by Crippen LogP contribution is 2.27. The number of aliphatic hydroxyl groups is 2. The third-order valence-electron chi connectivity index (χ3n) is 2.98. The summed E-state index contributed by atoms with van der Waals surface area (Å²) in [6, 6.07) is 0.